The third-order valence-electron chi connectivity index (χ3n) is 10.3. The number of benzene rings is 8. The van der Waals surface area contributed by atoms with Gasteiger partial charge in [-0.25, -0.2) is 0 Å². The molecule has 1 atom stereocenters. The summed E-state index contributed by atoms with van der Waals surface area (Å²) in [6.07, 6.45) is 0. The van der Waals surface area contributed by atoms with E-state index in [9.17, 15) is 0 Å². The van der Waals surface area contributed by atoms with E-state index in [0.717, 1.165) is 27.5 Å². The number of hydrogen-bond acceptors (Lipinski definition) is 1. The first-order valence-corrected chi connectivity index (χ1v) is 17.5. The second-order valence-electron chi connectivity index (χ2n) is 13.3. The van der Waals surface area contributed by atoms with Crippen LogP contribution in [0.15, 0.2) is 199 Å². The van der Waals surface area contributed by atoms with E-state index in [1.54, 1.807) is 0 Å². The molecule has 2 heterocycles. The second kappa shape index (κ2) is 12.0. The zero-order chi connectivity index (χ0) is 33.7. The van der Waals surface area contributed by atoms with Gasteiger partial charge in [0.25, 0.3) is 0 Å². The molecule has 0 N–H and O–H groups in total. The van der Waals surface area contributed by atoms with E-state index < -0.39 is 0 Å². The molecule has 0 spiro atoms. The lowest BCUT2D eigenvalue weighted by Crippen LogP contribution is -2.03. The molecule has 0 amide bonds. The Morgan fingerprint density at radius 2 is 0.863 bits per heavy atom. The molecule has 2 heteroatoms. The summed E-state index contributed by atoms with van der Waals surface area (Å²) in [5.41, 5.74) is 13.8. The molecule has 1 unspecified atom stereocenters. The monoisotopic (exact) mass is 651 g/mol. The van der Waals surface area contributed by atoms with Crippen LogP contribution in [-0.2, 0) is 0 Å². The molecule has 8 aromatic carbocycles. The van der Waals surface area contributed by atoms with Crippen molar-refractivity contribution in [2.24, 2.45) is 0 Å². The van der Waals surface area contributed by atoms with Crippen LogP contribution < -0.4 is 0 Å². The van der Waals surface area contributed by atoms with E-state index in [4.69, 9.17) is 4.42 Å². The zero-order valence-corrected chi connectivity index (χ0v) is 27.9. The van der Waals surface area contributed by atoms with Crippen molar-refractivity contribution in [2.45, 2.75) is 5.92 Å². The highest BCUT2D eigenvalue weighted by atomic mass is 16.3. The van der Waals surface area contributed by atoms with Crippen LogP contribution in [0.5, 0.6) is 0 Å². The van der Waals surface area contributed by atoms with Gasteiger partial charge in [0.1, 0.15) is 11.2 Å². The normalized spacial score (nSPS) is 12.2. The zero-order valence-electron chi connectivity index (χ0n) is 27.9. The van der Waals surface area contributed by atoms with Gasteiger partial charge >= 0.3 is 0 Å². The van der Waals surface area contributed by atoms with Gasteiger partial charge in [0, 0.05) is 33.2 Å². The Labute approximate surface area is 296 Å². The van der Waals surface area contributed by atoms with Crippen LogP contribution in [0.4, 0.5) is 0 Å². The lowest BCUT2D eigenvalue weighted by atomic mass is 9.84. The van der Waals surface area contributed by atoms with Crippen molar-refractivity contribution in [3.63, 3.8) is 0 Å². The van der Waals surface area contributed by atoms with E-state index >= 15 is 0 Å². The number of fused-ring (bicyclic) bond motifs is 6. The molecule has 0 aliphatic rings. The Morgan fingerprint density at radius 3 is 1.65 bits per heavy atom. The first-order valence-electron chi connectivity index (χ1n) is 17.5. The first-order chi connectivity index (χ1) is 25.3. The summed E-state index contributed by atoms with van der Waals surface area (Å²) in [6, 6.07) is 69.8. The summed E-state index contributed by atoms with van der Waals surface area (Å²) in [6.45, 7) is 0. The lowest BCUT2D eigenvalue weighted by Gasteiger charge is -2.19. The minimum absolute atomic E-state index is 0.0777. The van der Waals surface area contributed by atoms with Gasteiger partial charge in [-0.05, 0) is 87.5 Å². The predicted octanol–water partition coefficient (Wildman–Crippen LogP) is 13.2. The fourth-order valence-electron chi connectivity index (χ4n) is 7.88. The van der Waals surface area contributed by atoms with Crippen LogP contribution in [0.1, 0.15) is 22.6 Å². The van der Waals surface area contributed by atoms with Gasteiger partial charge in [0.15, 0.2) is 0 Å². The summed E-state index contributed by atoms with van der Waals surface area (Å²) < 4.78 is 9.03. The molecule has 0 saturated carbocycles. The Balaban J connectivity index is 1.05. The van der Waals surface area contributed by atoms with Crippen molar-refractivity contribution in [1.29, 1.82) is 0 Å². The van der Waals surface area contributed by atoms with Crippen LogP contribution in [0.25, 0.3) is 71.7 Å². The number of nitrogens with zero attached hydrogens (tertiary/aromatic N) is 1. The molecule has 240 valence electrons. The number of rotatable bonds is 6. The molecule has 10 aromatic rings. The van der Waals surface area contributed by atoms with Crippen LogP contribution in [0.3, 0.4) is 0 Å². The summed E-state index contributed by atoms with van der Waals surface area (Å²) >= 11 is 0. The van der Waals surface area contributed by atoms with Crippen LogP contribution in [0, 0.1) is 0 Å². The number of furan rings is 1. The molecule has 0 saturated heterocycles. The van der Waals surface area contributed by atoms with E-state index in [1.807, 2.05) is 0 Å². The highest BCUT2D eigenvalue weighted by Gasteiger charge is 2.20. The Kier molecular flexibility index (Phi) is 6.92. The maximum absolute atomic E-state index is 6.67. The topological polar surface area (TPSA) is 18.1 Å². The minimum Gasteiger partial charge on any atom is -0.456 e. The predicted molar refractivity (Wildman–Crippen MR) is 213 cm³/mol. The number of para-hydroxylation sites is 2. The van der Waals surface area contributed by atoms with Gasteiger partial charge in [0.05, 0.1) is 11.0 Å². The van der Waals surface area contributed by atoms with Crippen LogP contribution in [0.2, 0.25) is 0 Å². The molecule has 0 bridgehead atoms. The quantitative estimate of drug-likeness (QED) is 0.164. The molecule has 51 heavy (non-hydrogen) atoms. The van der Waals surface area contributed by atoms with Crippen LogP contribution >= 0.6 is 0 Å². The van der Waals surface area contributed by atoms with Crippen molar-refractivity contribution < 1.29 is 4.42 Å². The Bertz CT molecular complexity index is 2830. The van der Waals surface area contributed by atoms with Crippen LogP contribution in [-0.4, -0.2) is 4.57 Å². The average Bonchev–Trinajstić information content (AvgIpc) is 3.74. The first kappa shape index (κ1) is 29.3. The largest absolute Gasteiger partial charge is 0.456 e. The maximum atomic E-state index is 6.67. The minimum atomic E-state index is 0.0777. The fourth-order valence-corrected chi connectivity index (χ4v) is 7.88. The van der Waals surface area contributed by atoms with Crippen molar-refractivity contribution >= 4 is 43.7 Å². The maximum Gasteiger partial charge on any atom is 0.136 e. The van der Waals surface area contributed by atoms with Crippen molar-refractivity contribution in [3.8, 4) is 27.9 Å². The average molecular weight is 652 g/mol. The molecule has 0 aliphatic carbocycles. The summed E-state index contributed by atoms with van der Waals surface area (Å²) in [4.78, 5) is 0. The van der Waals surface area contributed by atoms with Gasteiger partial charge in [-0.3, -0.25) is 0 Å². The van der Waals surface area contributed by atoms with Gasteiger partial charge in [0.2, 0.25) is 0 Å². The van der Waals surface area contributed by atoms with Gasteiger partial charge in [-0.2, -0.15) is 0 Å². The van der Waals surface area contributed by atoms with Crippen molar-refractivity contribution in [3.05, 3.63) is 211 Å². The molecular weight excluding hydrogens is 619 g/mol. The summed E-state index contributed by atoms with van der Waals surface area (Å²) in [7, 11) is 0. The molecule has 0 fully saturated rings. The molecule has 2 aromatic heterocycles. The molecule has 0 aliphatic heterocycles. The van der Waals surface area contributed by atoms with E-state index in [1.165, 1.54) is 60.9 Å². The standard InChI is InChI=1S/C49H33NO/c1-4-12-33(13-5-1)34-20-22-36(23-21-34)49(35-14-6-2-7-15-35)39-25-28-43-42-27-24-38(31-47(42)51-48(43)32-39)37-26-29-46-44(30-37)41-18-10-11-19-45(41)50(46)40-16-8-3-9-17-40/h1-32,49H. The van der Waals surface area contributed by atoms with Crippen molar-refractivity contribution in [1.82, 2.24) is 4.57 Å². The molecule has 10 rings (SSSR count). The third-order valence-corrected chi connectivity index (χ3v) is 10.3. The highest BCUT2D eigenvalue weighted by molar-refractivity contribution is 6.11. The van der Waals surface area contributed by atoms with E-state index in [0.29, 0.717) is 0 Å². The highest BCUT2D eigenvalue weighted by Crippen LogP contribution is 2.39. The number of hydrogen-bond donors (Lipinski definition) is 0. The smallest absolute Gasteiger partial charge is 0.136 e. The Morgan fingerprint density at radius 1 is 0.333 bits per heavy atom. The second-order valence-corrected chi connectivity index (χ2v) is 13.3. The molecule has 2 nitrogen and oxygen atoms in total. The fraction of sp³-hybridized carbons (Fsp3) is 0.0204. The Hall–Kier alpha value is -6.64. The molecule has 0 radical (unpaired) electrons. The molecular formula is C49H33NO. The lowest BCUT2D eigenvalue weighted by molar-refractivity contribution is 0.668. The third kappa shape index (κ3) is 5.04. The van der Waals surface area contributed by atoms with E-state index in [2.05, 4.69) is 199 Å². The van der Waals surface area contributed by atoms with Gasteiger partial charge in [-0.15, -0.1) is 0 Å². The summed E-state index contributed by atoms with van der Waals surface area (Å²) in [5, 5.41) is 4.75. The number of aromatic nitrogens is 1. The SMILES string of the molecule is c1ccc(-c2ccc(C(c3ccccc3)c3ccc4c(c3)oc3cc(-c5ccc6c(c5)c5ccccc5n6-c5ccccc5)ccc34)cc2)cc1. The van der Waals surface area contributed by atoms with Gasteiger partial charge in [-0.1, -0.05) is 146 Å². The summed E-state index contributed by atoms with van der Waals surface area (Å²) in [5.74, 6) is 0.0777. The van der Waals surface area contributed by atoms with Crippen molar-refractivity contribution in [2.75, 3.05) is 0 Å². The van der Waals surface area contributed by atoms with E-state index in [-0.39, 0.29) is 5.92 Å². The van der Waals surface area contributed by atoms with Gasteiger partial charge < -0.3 is 8.98 Å².